The number of benzene rings is 1. The van der Waals surface area contributed by atoms with Crippen molar-refractivity contribution in [2.75, 3.05) is 5.32 Å². The molecule has 0 atom stereocenters. The number of hydrogen-bond acceptors (Lipinski definition) is 5. The minimum Gasteiger partial charge on any atom is -0.305 e. The van der Waals surface area contributed by atoms with Gasteiger partial charge in [-0.2, -0.15) is 4.39 Å². The summed E-state index contributed by atoms with van der Waals surface area (Å²) in [5, 5.41) is 12.6. The van der Waals surface area contributed by atoms with Gasteiger partial charge in [-0.15, -0.1) is 0 Å². The molecule has 2 rings (SSSR count). The smallest absolute Gasteiger partial charge is 0.305 e. The highest BCUT2D eigenvalue weighted by atomic mass is 19.1. The Morgan fingerprint density at radius 1 is 1.30 bits per heavy atom. The van der Waals surface area contributed by atoms with E-state index < -0.39 is 33.7 Å². The van der Waals surface area contributed by atoms with E-state index >= 15 is 0 Å². The van der Waals surface area contributed by atoms with E-state index in [0.29, 0.717) is 12.1 Å². The zero-order valence-corrected chi connectivity index (χ0v) is 9.71. The lowest BCUT2D eigenvalue weighted by atomic mass is 10.1. The van der Waals surface area contributed by atoms with Gasteiger partial charge < -0.3 is 5.32 Å². The second-order valence-corrected chi connectivity index (χ2v) is 3.56. The highest BCUT2D eigenvalue weighted by Crippen LogP contribution is 2.23. The van der Waals surface area contributed by atoms with E-state index in [1.54, 1.807) is 0 Å². The summed E-state index contributed by atoms with van der Waals surface area (Å²) in [6, 6.07) is 1.29. The minimum atomic E-state index is -1.55. The zero-order chi connectivity index (χ0) is 14.7. The molecule has 1 N–H and O–H groups in total. The molecule has 9 heteroatoms. The monoisotopic (exact) mass is 280 g/mol. The fraction of sp³-hybridized carbons (Fsp3) is 0. The Balaban J connectivity index is 2.39. The molecule has 0 saturated heterocycles. The second kappa shape index (κ2) is 5.34. The van der Waals surface area contributed by atoms with Gasteiger partial charge in [0.15, 0.2) is 5.82 Å². The number of aromatic nitrogens is 2. The van der Waals surface area contributed by atoms with Crippen LogP contribution in [0.5, 0.6) is 0 Å². The van der Waals surface area contributed by atoms with Crippen molar-refractivity contribution in [1.82, 2.24) is 9.97 Å². The Morgan fingerprint density at radius 2 is 2.05 bits per heavy atom. The summed E-state index contributed by atoms with van der Waals surface area (Å²) < 4.78 is 27.2. The van der Waals surface area contributed by atoms with Crippen molar-refractivity contribution in [3.63, 3.8) is 0 Å². The van der Waals surface area contributed by atoms with Crippen molar-refractivity contribution in [2.24, 2.45) is 0 Å². The third-order valence-electron chi connectivity index (χ3n) is 2.30. The van der Waals surface area contributed by atoms with E-state index in [1.165, 1.54) is 12.4 Å². The van der Waals surface area contributed by atoms with E-state index in [4.69, 9.17) is 0 Å². The molecule has 102 valence electrons. The largest absolute Gasteiger partial charge is 0.305 e. The van der Waals surface area contributed by atoms with Gasteiger partial charge in [0.2, 0.25) is 5.82 Å². The maximum absolute atomic E-state index is 13.8. The van der Waals surface area contributed by atoms with Gasteiger partial charge in [0.05, 0.1) is 11.1 Å². The van der Waals surface area contributed by atoms with Crippen LogP contribution < -0.4 is 5.32 Å². The van der Waals surface area contributed by atoms with Gasteiger partial charge in [-0.3, -0.25) is 19.9 Å². The molecule has 1 amide bonds. The number of nitro benzene ring substituents is 1. The lowest BCUT2D eigenvalue weighted by Gasteiger charge is -2.06. The minimum absolute atomic E-state index is 0.0391. The molecule has 1 aromatic carbocycles. The molecular formula is C11H6F2N4O3. The summed E-state index contributed by atoms with van der Waals surface area (Å²) in [6.45, 7) is 0. The third kappa shape index (κ3) is 2.55. The van der Waals surface area contributed by atoms with Crippen LogP contribution in [0.25, 0.3) is 0 Å². The molecule has 20 heavy (non-hydrogen) atoms. The standard InChI is InChI=1S/C11H6F2N4O3/c12-6-1-2-7(17(19)20)10(13)9(6)11(18)16-8-5-14-3-4-15-8/h1-5H,(H,15,16,18). The Morgan fingerprint density at radius 3 is 2.65 bits per heavy atom. The lowest BCUT2D eigenvalue weighted by Crippen LogP contribution is -2.17. The van der Waals surface area contributed by atoms with Gasteiger partial charge in [-0.05, 0) is 6.07 Å². The molecule has 0 saturated carbocycles. The topological polar surface area (TPSA) is 98.0 Å². The molecular weight excluding hydrogens is 274 g/mol. The predicted molar refractivity (Wildman–Crippen MR) is 63.0 cm³/mol. The highest BCUT2D eigenvalue weighted by Gasteiger charge is 2.26. The van der Waals surface area contributed by atoms with Gasteiger partial charge in [0, 0.05) is 18.5 Å². The average Bonchev–Trinajstić information content (AvgIpc) is 2.39. The van der Waals surface area contributed by atoms with E-state index in [1.807, 2.05) is 0 Å². The maximum Gasteiger partial charge on any atom is 0.305 e. The molecule has 1 heterocycles. The fourth-order valence-electron chi connectivity index (χ4n) is 1.43. The van der Waals surface area contributed by atoms with Crippen LogP contribution in [0, 0.1) is 21.7 Å². The van der Waals surface area contributed by atoms with Crippen molar-refractivity contribution < 1.29 is 18.5 Å². The molecule has 0 aliphatic carbocycles. The number of nitrogens with one attached hydrogen (secondary N) is 1. The number of anilines is 1. The van der Waals surface area contributed by atoms with Crippen LogP contribution in [0.15, 0.2) is 30.7 Å². The summed E-state index contributed by atoms with van der Waals surface area (Å²) >= 11 is 0. The van der Waals surface area contributed by atoms with Crippen LogP contribution >= 0.6 is 0 Å². The number of rotatable bonds is 3. The lowest BCUT2D eigenvalue weighted by molar-refractivity contribution is -0.387. The van der Waals surface area contributed by atoms with Gasteiger partial charge >= 0.3 is 5.69 Å². The van der Waals surface area contributed by atoms with Crippen LogP contribution in [0.2, 0.25) is 0 Å². The van der Waals surface area contributed by atoms with Crippen LogP contribution in [-0.2, 0) is 0 Å². The Hall–Kier alpha value is -2.97. The number of nitro groups is 1. The molecule has 0 bridgehead atoms. The number of amides is 1. The first-order chi connectivity index (χ1) is 9.50. The summed E-state index contributed by atoms with van der Waals surface area (Å²) in [5.74, 6) is -3.99. The maximum atomic E-state index is 13.8. The van der Waals surface area contributed by atoms with Crippen molar-refractivity contribution in [1.29, 1.82) is 0 Å². The Labute approximate surface area is 110 Å². The number of nitrogens with zero attached hydrogens (tertiary/aromatic N) is 3. The summed E-state index contributed by atoms with van der Waals surface area (Å²) in [5.41, 5.74) is -2.04. The van der Waals surface area contributed by atoms with Crippen molar-refractivity contribution in [3.8, 4) is 0 Å². The van der Waals surface area contributed by atoms with Crippen molar-refractivity contribution in [2.45, 2.75) is 0 Å². The first kappa shape index (κ1) is 13.5. The average molecular weight is 280 g/mol. The fourth-order valence-corrected chi connectivity index (χ4v) is 1.43. The number of halogens is 2. The SMILES string of the molecule is O=C(Nc1cnccn1)c1c(F)ccc([N+](=O)[O-])c1F. The molecule has 0 spiro atoms. The van der Waals surface area contributed by atoms with E-state index in [9.17, 15) is 23.7 Å². The molecule has 7 nitrogen and oxygen atoms in total. The van der Waals surface area contributed by atoms with Gasteiger partial charge in [-0.1, -0.05) is 0 Å². The zero-order valence-electron chi connectivity index (χ0n) is 9.71. The number of carbonyl (C=O) groups is 1. The number of hydrogen-bond donors (Lipinski definition) is 1. The van der Waals surface area contributed by atoms with Gasteiger partial charge in [0.1, 0.15) is 11.4 Å². The second-order valence-electron chi connectivity index (χ2n) is 3.56. The van der Waals surface area contributed by atoms with Crippen LogP contribution in [0.3, 0.4) is 0 Å². The molecule has 2 aromatic rings. The normalized spacial score (nSPS) is 10.1. The molecule has 1 aromatic heterocycles. The van der Waals surface area contributed by atoms with Crippen LogP contribution in [0.4, 0.5) is 20.3 Å². The summed E-state index contributed by atoms with van der Waals surface area (Å²) in [6.07, 6.45) is 3.75. The summed E-state index contributed by atoms with van der Waals surface area (Å²) in [7, 11) is 0. The van der Waals surface area contributed by atoms with Crippen molar-refractivity contribution in [3.05, 3.63) is 58.0 Å². The number of carbonyl (C=O) groups excluding carboxylic acids is 1. The van der Waals surface area contributed by atoms with Crippen LogP contribution in [0.1, 0.15) is 10.4 Å². The van der Waals surface area contributed by atoms with Crippen LogP contribution in [-0.4, -0.2) is 20.8 Å². The summed E-state index contributed by atoms with van der Waals surface area (Å²) in [4.78, 5) is 28.6. The first-order valence-electron chi connectivity index (χ1n) is 5.20. The van der Waals surface area contributed by atoms with E-state index in [0.717, 1.165) is 6.20 Å². The quantitative estimate of drug-likeness (QED) is 0.684. The van der Waals surface area contributed by atoms with Gasteiger partial charge in [0.25, 0.3) is 5.91 Å². The molecule has 0 aliphatic rings. The van der Waals surface area contributed by atoms with Gasteiger partial charge in [-0.25, -0.2) is 9.37 Å². The predicted octanol–water partition coefficient (Wildman–Crippen LogP) is 1.92. The molecule has 0 fully saturated rings. The molecule has 0 radical (unpaired) electrons. The molecule has 0 unspecified atom stereocenters. The Kier molecular flexibility index (Phi) is 3.60. The first-order valence-corrected chi connectivity index (χ1v) is 5.20. The van der Waals surface area contributed by atoms with Crippen molar-refractivity contribution >= 4 is 17.4 Å². The highest BCUT2D eigenvalue weighted by molar-refractivity contribution is 6.04. The van der Waals surface area contributed by atoms with E-state index in [-0.39, 0.29) is 5.82 Å². The van der Waals surface area contributed by atoms with E-state index in [2.05, 4.69) is 15.3 Å². The molecule has 0 aliphatic heterocycles. The Bertz CT molecular complexity index is 679. The third-order valence-corrected chi connectivity index (χ3v) is 2.30.